The lowest BCUT2D eigenvalue weighted by Gasteiger charge is -2.26. The monoisotopic (exact) mass is 348 g/mol. The Hall–Kier alpha value is -1.46. The second kappa shape index (κ2) is 9.74. The van der Waals surface area contributed by atoms with E-state index in [0.29, 0.717) is 6.54 Å². The highest BCUT2D eigenvalue weighted by molar-refractivity contribution is 7.85. The summed E-state index contributed by atoms with van der Waals surface area (Å²) in [5.41, 5.74) is 3.54. The molecule has 0 aliphatic carbocycles. The molecule has 1 fully saturated rings. The highest BCUT2D eigenvalue weighted by atomic mass is 32.2. The Balaban J connectivity index is 1.80. The average Bonchev–Trinajstić information content (AvgIpc) is 2.61. The molecule has 132 valence electrons. The van der Waals surface area contributed by atoms with Gasteiger partial charge in [-0.1, -0.05) is 43.7 Å². The van der Waals surface area contributed by atoms with Crippen molar-refractivity contribution < 1.29 is 9.00 Å². The van der Waals surface area contributed by atoms with Crippen LogP contribution in [-0.2, 0) is 28.7 Å². The van der Waals surface area contributed by atoms with Gasteiger partial charge in [0, 0.05) is 54.6 Å². The summed E-state index contributed by atoms with van der Waals surface area (Å²) >= 11 is 0. The van der Waals surface area contributed by atoms with Gasteiger partial charge in [0.25, 0.3) is 0 Å². The number of carbonyl (C=O) groups is 1. The van der Waals surface area contributed by atoms with E-state index in [4.69, 9.17) is 0 Å². The SMILES string of the molecule is CCC(=CC(=O)NCc1ccc(CN2CCS(=O)CC2)cc1)CC. The van der Waals surface area contributed by atoms with Crippen molar-refractivity contribution in [1.29, 1.82) is 0 Å². The molecule has 5 heteroatoms. The van der Waals surface area contributed by atoms with Crippen LogP contribution < -0.4 is 5.32 Å². The van der Waals surface area contributed by atoms with Crippen LogP contribution in [0.5, 0.6) is 0 Å². The summed E-state index contributed by atoms with van der Waals surface area (Å²) in [6.45, 7) is 7.42. The fourth-order valence-corrected chi connectivity index (χ4v) is 3.86. The molecule has 0 radical (unpaired) electrons. The Morgan fingerprint density at radius 1 is 1.12 bits per heavy atom. The quantitative estimate of drug-likeness (QED) is 0.771. The van der Waals surface area contributed by atoms with Crippen LogP contribution in [-0.4, -0.2) is 39.6 Å². The molecule has 2 rings (SSSR count). The summed E-state index contributed by atoms with van der Waals surface area (Å²) in [7, 11) is -0.622. The molecule has 0 spiro atoms. The van der Waals surface area contributed by atoms with E-state index in [1.807, 2.05) is 0 Å². The third-order valence-electron chi connectivity index (χ3n) is 4.41. The molecule has 1 aromatic rings. The van der Waals surface area contributed by atoms with Crippen LogP contribution in [0, 0.1) is 0 Å². The predicted molar refractivity (Wildman–Crippen MR) is 100 cm³/mol. The molecule has 1 aromatic carbocycles. The standard InChI is InChI=1S/C19H28N2O2S/c1-3-16(4-2)13-19(22)20-14-17-5-7-18(8-6-17)15-21-9-11-24(23)12-10-21/h5-8,13H,3-4,9-12,14-15H2,1-2H3,(H,20,22). The number of carbonyl (C=O) groups excluding carboxylic acids is 1. The van der Waals surface area contributed by atoms with Gasteiger partial charge in [0.2, 0.25) is 5.91 Å². The molecule has 1 aliphatic heterocycles. The topological polar surface area (TPSA) is 49.4 Å². The maximum absolute atomic E-state index is 11.9. The van der Waals surface area contributed by atoms with Crippen LogP contribution in [0.2, 0.25) is 0 Å². The number of allylic oxidation sites excluding steroid dienone is 1. The van der Waals surface area contributed by atoms with Crippen molar-refractivity contribution in [3.8, 4) is 0 Å². The smallest absolute Gasteiger partial charge is 0.244 e. The van der Waals surface area contributed by atoms with E-state index in [1.54, 1.807) is 6.08 Å². The normalized spacial score (nSPS) is 15.9. The molecule has 1 N–H and O–H groups in total. The van der Waals surface area contributed by atoms with Gasteiger partial charge in [0.05, 0.1) is 0 Å². The number of benzene rings is 1. The Kier molecular flexibility index (Phi) is 7.66. The highest BCUT2D eigenvalue weighted by Gasteiger charge is 2.14. The van der Waals surface area contributed by atoms with Crippen molar-refractivity contribution in [1.82, 2.24) is 10.2 Å². The largest absolute Gasteiger partial charge is 0.348 e. The second-order valence-electron chi connectivity index (χ2n) is 6.17. The zero-order valence-corrected chi connectivity index (χ0v) is 15.5. The summed E-state index contributed by atoms with van der Waals surface area (Å²) in [6, 6.07) is 8.38. The molecule has 0 atom stereocenters. The first-order valence-electron chi connectivity index (χ1n) is 8.73. The summed E-state index contributed by atoms with van der Waals surface area (Å²) in [4.78, 5) is 14.2. The van der Waals surface area contributed by atoms with E-state index in [0.717, 1.165) is 49.5 Å². The van der Waals surface area contributed by atoms with Gasteiger partial charge in [-0.25, -0.2) is 0 Å². The highest BCUT2D eigenvalue weighted by Crippen LogP contribution is 2.10. The molecule has 24 heavy (non-hydrogen) atoms. The first-order valence-corrected chi connectivity index (χ1v) is 10.2. The summed E-state index contributed by atoms with van der Waals surface area (Å²) < 4.78 is 11.4. The summed E-state index contributed by atoms with van der Waals surface area (Å²) in [5, 5.41) is 2.94. The molecule has 1 heterocycles. The average molecular weight is 349 g/mol. The third-order valence-corrected chi connectivity index (χ3v) is 5.69. The van der Waals surface area contributed by atoms with E-state index in [2.05, 4.69) is 48.3 Å². The minimum absolute atomic E-state index is 0.0147. The lowest BCUT2D eigenvalue weighted by molar-refractivity contribution is -0.116. The molecular formula is C19H28N2O2S. The summed E-state index contributed by atoms with van der Waals surface area (Å²) in [5.74, 6) is 1.56. The first kappa shape index (κ1) is 18.9. The van der Waals surface area contributed by atoms with Crippen molar-refractivity contribution >= 4 is 16.7 Å². The molecule has 0 bridgehead atoms. The fraction of sp³-hybridized carbons (Fsp3) is 0.526. The lowest BCUT2D eigenvalue weighted by Crippen LogP contribution is -2.37. The molecule has 4 nitrogen and oxygen atoms in total. The van der Waals surface area contributed by atoms with E-state index < -0.39 is 10.8 Å². The zero-order chi connectivity index (χ0) is 17.4. The van der Waals surface area contributed by atoms with Crippen LogP contribution in [0.1, 0.15) is 37.8 Å². The van der Waals surface area contributed by atoms with Gasteiger partial charge >= 0.3 is 0 Å². The van der Waals surface area contributed by atoms with E-state index in [1.165, 1.54) is 11.1 Å². The minimum atomic E-state index is -0.622. The van der Waals surface area contributed by atoms with Gasteiger partial charge < -0.3 is 5.32 Å². The van der Waals surface area contributed by atoms with Gasteiger partial charge in [-0.15, -0.1) is 0 Å². The molecule has 1 aliphatic rings. The van der Waals surface area contributed by atoms with Crippen LogP contribution in [0.25, 0.3) is 0 Å². The number of hydrogen-bond donors (Lipinski definition) is 1. The fourth-order valence-electron chi connectivity index (χ4n) is 2.73. The van der Waals surface area contributed by atoms with Crippen molar-refractivity contribution in [2.75, 3.05) is 24.6 Å². The molecule has 0 saturated carbocycles. The van der Waals surface area contributed by atoms with Gasteiger partial charge in [0.15, 0.2) is 0 Å². The zero-order valence-electron chi connectivity index (χ0n) is 14.7. The number of rotatable bonds is 7. The van der Waals surface area contributed by atoms with E-state index in [9.17, 15) is 9.00 Å². The molecule has 0 aromatic heterocycles. The van der Waals surface area contributed by atoms with Crippen molar-refractivity contribution in [2.45, 2.75) is 39.8 Å². The van der Waals surface area contributed by atoms with Gasteiger partial charge in [0.1, 0.15) is 0 Å². The Bertz CT molecular complexity index is 580. The third kappa shape index (κ3) is 6.21. The Labute approximate surface area is 147 Å². The number of hydrogen-bond acceptors (Lipinski definition) is 3. The number of nitrogens with zero attached hydrogens (tertiary/aromatic N) is 1. The molecule has 0 unspecified atom stereocenters. The lowest BCUT2D eigenvalue weighted by atomic mass is 10.1. The van der Waals surface area contributed by atoms with Gasteiger partial charge in [-0.3, -0.25) is 13.9 Å². The van der Waals surface area contributed by atoms with Crippen molar-refractivity contribution in [3.63, 3.8) is 0 Å². The predicted octanol–water partition coefficient (Wildman–Crippen LogP) is 2.61. The molecular weight excluding hydrogens is 320 g/mol. The van der Waals surface area contributed by atoms with Crippen LogP contribution in [0.3, 0.4) is 0 Å². The first-order chi connectivity index (χ1) is 11.6. The van der Waals surface area contributed by atoms with Gasteiger partial charge in [-0.2, -0.15) is 0 Å². The second-order valence-corrected chi connectivity index (χ2v) is 7.86. The Morgan fingerprint density at radius 3 is 2.29 bits per heavy atom. The summed E-state index contributed by atoms with van der Waals surface area (Å²) in [6.07, 6.45) is 3.56. The van der Waals surface area contributed by atoms with E-state index in [-0.39, 0.29) is 5.91 Å². The maximum Gasteiger partial charge on any atom is 0.244 e. The van der Waals surface area contributed by atoms with Crippen molar-refractivity contribution in [2.24, 2.45) is 0 Å². The number of amides is 1. The van der Waals surface area contributed by atoms with Crippen LogP contribution in [0.4, 0.5) is 0 Å². The minimum Gasteiger partial charge on any atom is -0.348 e. The van der Waals surface area contributed by atoms with Crippen LogP contribution >= 0.6 is 0 Å². The van der Waals surface area contributed by atoms with Crippen LogP contribution in [0.15, 0.2) is 35.9 Å². The number of nitrogens with one attached hydrogen (secondary N) is 1. The Morgan fingerprint density at radius 2 is 1.71 bits per heavy atom. The maximum atomic E-state index is 11.9. The van der Waals surface area contributed by atoms with Crippen molar-refractivity contribution in [3.05, 3.63) is 47.0 Å². The molecule has 1 amide bonds. The molecule has 1 saturated heterocycles. The van der Waals surface area contributed by atoms with Gasteiger partial charge in [-0.05, 0) is 24.0 Å². The van der Waals surface area contributed by atoms with E-state index >= 15 is 0 Å².